The van der Waals surface area contributed by atoms with E-state index in [0.29, 0.717) is 21.4 Å². The summed E-state index contributed by atoms with van der Waals surface area (Å²) in [7, 11) is 0. The van der Waals surface area contributed by atoms with Gasteiger partial charge in [-0.3, -0.25) is 5.41 Å². The van der Waals surface area contributed by atoms with E-state index in [0.717, 1.165) is 5.56 Å². The van der Waals surface area contributed by atoms with Crippen LogP contribution in [0.3, 0.4) is 0 Å². The van der Waals surface area contributed by atoms with Crippen molar-refractivity contribution in [2.24, 2.45) is 5.73 Å². The Hall–Kier alpha value is -1.71. The SMILES string of the molecule is N=C(N)c1ccccc1COc1cccc(Cl)c1Cl. The third kappa shape index (κ3) is 3.19. The van der Waals surface area contributed by atoms with Gasteiger partial charge in [-0.05, 0) is 12.1 Å². The number of ether oxygens (including phenoxy) is 1. The molecule has 19 heavy (non-hydrogen) atoms. The molecular formula is C14H12Cl2N2O. The number of nitrogens with two attached hydrogens (primary N) is 1. The predicted octanol–water partition coefficient (Wildman–Crippen LogP) is 3.86. The molecule has 0 aliphatic rings. The van der Waals surface area contributed by atoms with E-state index in [-0.39, 0.29) is 12.4 Å². The van der Waals surface area contributed by atoms with Gasteiger partial charge in [0.1, 0.15) is 23.2 Å². The van der Waals surface area contributed by atoms with Gasteiger partial charge in [0.15, 0.2) is 0 Å². The van der Waals surface area contributed by atoms with Crippen LogP contribution in [0.15, 0.2) is 42.5 Å². The first-order chi connectivity index (χ1) is 9.09. The van der Waals surface area contributed by atoms with Crippen molar-refractivity contribution >= 4 is 29.0 Å². The molecule has 0 saturated heterocycles. The molecule has 0 atom stereocenters. The summed E-state index contributed by atoms with van der Waals surface area (Å²) in [6, 6.07) is 12.5. The van der Waals surface area contributed by atoms with Crippen molar-refractivity contribution in [3.8, 4) is 5.75 Å². The lowest BCUT2D eigenvalue weighted by molar-refractivity contribution is 0.306. The minimum atomic E-state index is 0.0105. The molecule has 0 aliphatic carbocycles. The molecule has 0 saturated carbocycles. The van der Waals surface area contributed by atoms with Gasteiger partial charge < -0.3 is 10.5 Å². The smallest absolute Gasteiger partial charge is 0.139 e. The van der Waals surface area contributed by atoms with Crippen molar-refractivity contribution < 1.29 is 4.74 Å². The maximum atomic E-state index is 7.51. The fourth-order valence-corrected chi connectivity index (χ4v) is 2.01. The second-order valence-corrected chi connectivity index (χ2v) is 4.70. The van der Waals surface area contributed by atoms with E-state index in [9.17, 15) is 0 Å². The normalized spacial score (nSPS) is 10.2. The molecule has 0 radical (unpaired) electrons. The van der Waals surface area contributed by atoms with Gasteiger partial charge in [-0.15, -0.1) is 0 Å². The molecule has 0 aliphatic heterocycles. The van der Waals surface area contributed by atoms with E-state index >= 15 is 0 Å². The number of rotatable bonds is 4. The molecule has 2 aromatic carbocycles. The highest BCUT2D eigenvalue weighted by molar-refractivity contribution is 6.42. The highest BCUT2D eigenvalue weighted by Crippen LogP contribution is 2.32. The third-order valence-electron chi connectivity index (χ3n) is 2.61. The van der Waals surface area contributed by atoms with E-state index in [1.807, 2.05) is 18.2 Å². The summed E-state index contributed by atoms with van der Waals surface area (Å²) in [6.07, 6.45) is 0. The summed E-state index contributed by atoms with van der Waals surface area (Å²) in [5.41, 5.74) is 7.00. The van der Waals surface area contributed by atoms with E-state index in [1.54, 1.807) is 24.3 Å². The molecule has 0 heterocycles. The first-order valence-corrected chi connectivity index (χ1v) is 6.34. The second kappa shape index (κ2) is 5.95. The molecule has 2 aromatic rings. The number of hydrogen-bond donors (Lipinski definition) is 2. The Balaban J connectivity index is 2.19. The monoisotopic (exact) mass is 294 g/mol. The number of hydrogen-bond acceptors (Lipinski definition) is 2. The lowest BCUT2D eigenvalue weighted by Crippen LogP contribution is -2.14. The van der Waals surface area contributed by atoms with Crippen LogP contribution in [0.5, 0.6) is 5.75 Å². The van der Waals surface area contributed by atoms with Gasteiger partial charge >= 0.3 is 0 Å². The van der Waals surface area contributed by atoms with E-state index in [2.05, 4.69) is 0 Å². The lowest BCUT2D eigenvalue weighted by Gasteiger charge is -2.11. The maximum absolute atomic E-state index is 7.51. The summed E-state index contributed by atoms with van der Waals surface area (Å²) in [4.78, 5) is 0. The zero-order valence-electron chi connectivity index (χ0n) is 9.99. The van der Waals surface area contributed by atoms with Crippen LogP contribution in [-0.2, 0) is 6.61 Å². The van der Waals surface area contributed by atoms with Gasteiger partial charge in [0.05, 0.1) is 5.02 Å². The molecule has 3 nitrogen and oxygen atoms in total. The molecular weight excluding hydrogens is 283 g/mol. The van der Waals surface area contributed by atoms with Crippen molar-refractivity contribution in [1.29, 1.82) is 5.41 Å². The number of halogens is 2. The van der Waals surface area contributed by atoms with Crippen molar-refractivity contribution in [1.82, 2.24) is 0 Å². The summed E-state index contributed by atoms with van der Waals surface area (Å²) in [5.74, 6) is 0.518. The summed E-state index contributed by atoms with van der Waals surface area (Å²) < 4.78 is 5.63. The first-order valence-electron chi connectivity index (χ1n) is 5.58. The van der Waals surface area contributed by atoms with Gasteiger partial charge in [0, 0.05) is 11.1 Å². The molecule has 3 N–H and O–H groups in total. The van der Waals surface area contributed by atoms with Crippen LogP contribution >= 0.6 is 23.2 Å². The minimum Gasteiger partial charge on any atom is -0.487 e. The molecule has 0 aromatic heterocycles. The number of benzene rings is 2. The topological polar surface area (TPSA) is 59.1 Å². The Morgan fingerprint density at radius 2 is 1.84 bits per heavy atom. The molecule has 0 unspecified atom stereocenters. The van der Waals surface area contributed by atoms with E-state index in [1.165, 1.54) is 0 Å². The number of amidine groups is 1. The molecule has 0 bridgehead atoms. The van der Waals surface area contributed by atoms with Gasteiger partial charge in [-0.1, -0.05) is 53.5 Å². The standard InChI is InChI=1S/C14H12Cl2N2O/c15-11-6-3-7-12(13(11)16)19-8-9-4-1-2-5-10(9)14(17)18/h1-7H,8H2,(H3,17,18). The van der Waals surface area contributed by atoms with Crippen molar-refractivity contribution in [3.63, 3.8) is 0 Å². The second-order valence-electron chi connectivity index (χ2n) is 3.91. The molecule has 0 fully saturated rings. The highest BCUT2D eigenvalue weighted by Gasteiger charge is 2.08. The third-order valence-corrected chi connectivity index (χ3v) is 3.41. The van der Waals surface area contributed by atoms with Gasteiger partial charge in [0.25, 0.3) is 0 Å². The van der Waals surface area contributed by atoms with E-state index < -0.39 is 0 Å². The zero-order valence-corrected chi connectivity index (χ0v) is 11.5. The number of nitrogens with one attached hydrogen (secondary N) is 1. The lowest BCUT2D eigenvalue weighted by atomic mass is 10.1. The Morgan fingerprint density at radius 1 is 1.11 bits per heavy atom. The molecule has 0 amide bonds. The fraction of sp³-hybridized carbons (Fsp3) is 0.0714. The Bertz CT molecular complexity index is 614. The average Bonchev–Trinajstić information content (AvgIpc) is 2.40. The fourth-order valence-electron chi connectivity index (χ4n) is 1.66. The van der Waals surface area contributed by atoms with Crippen LogP contribution in [-0.4, -0.2) is 5.84 Å². The largest absolute Gasteiger partial charge is 0.487 e. The van der Waals surface area contributed by atoms with Gasteiger partial charge in [0.2, 0.25) is 0 Å². The van der Waals surface area contributed by atoms with Crippen molar-refractivity contribution in [2.75, 3.05) is 0 Å². The van der Waals surface area contributed by atoms with Crippen LogP contribution in [0.4, 0.5) is 0 Å². The van der Waals surface area contributed by atoms with Crippen LogP contribution < -0.4 is 10.5 Å². The molecule has 2 rings (SSSR count). The molecule has 5 heteroatoms. The first kappa shape index (κ1) is 13.7. The number of nitrogen functional groups attached to an aromatic ring is 1. The Kier molecular flexibility index (Phi) is 4.30. The minimum absolute atomic E-state index is 0.0105. The zero-order chi connectivity index (χ0) is 13.8. The van der Waals surface area contributed by atoms with Crippen LogP contribution in [0.1, 0.15) is 11.1 Å². The predicted molar refractivity (Wildman–Crippen MR) is 78.3 cm³/mol. The van der Waals surface area contributed by atoms with Crippen LogP contribution in [0, 0.1) is 5.41 Å². The summed E-state index contributed by atoms with van der Waals surface area (Å²) in [6.45, 7) is 0.274. The van der Waals surface area contributed by atoms with Crippen molar-refractivity contribution in [3.05, 3.63) is 63.6 Å². The van der Waals surface area contributed by atoms with Gasteiger partial charge in [-0.2, -0.15) is 0 Å². The Labute approximate surface area is 121 Å². The Morgan fingerprint density at radius 3 is 2.58 bits per heavy atom. The quantitative estimate of drug-likeness (QED) is 0.664. The van der Waals surface area contributed by atoms with Crippen molar-refractivity contribution in [2.45, 2.75) is 6.61 Å². The average molecular weight is 295 g/mol. The van der Waals surface area contributed by atoms with Crippen LogP contribution in [0.25, 0.3) is 0 Å². The van der Waals surface area contributed by atoms with Crippen LogP contribution in [0.2, 0.25) is 10.0 Å². The maximum Gasteiger partial charge on any atom is 0.139 e. The molecule has 0 spiro atoms. The molecule has 98 valence electrons. The summed E-state index contributed by atoms with van der Waals surface area (Å²) >= 11 is 11.9. The highest BCUT2D eigenvalue weighted by atomic mass is 35.5. The van der Waals surface area contributed by atoms with Gasteiger partial charge in [-0.25, -0.2) is 0 Å². The van der Waals surface area contributed by atoms with E-state index in [4.69, 9.17) is 39.1 Å². The summed E-state index contributed by atoms with van der Waals surface area (Å²) in [5, 5.41) is 8.33.